The maximum absolute atomic E-state index is 10.7. The van der Waals surface area contributed by atoms with Crippen LogP contribution < -0.4 is 5.32 Å². The highest BCUT2D eigenvalue weighted by Gasteiger charge is 2.07. The first-order chi connectivity index (χ1) is 8.66. The fourth-order valence-electron chi connectivity index (χ4n) is 1.55. The normalized spacial score (nSPS) is 12.3. The molecule has 2 heterocycles. The zero-order valence-electron chi connectivity index (χ0n) is 9.96. The van der Waals surface area contributed by atoms with E-state index in [-0.39, 0.29) is 11.6 Å². The zero-order valence-corrected chi connectivity index (χ0v) is 10.8. The molecule has 0 unspecified atom stereocenters. The van der Waals surface area contributed by atoms with Crippen molar-refractivity contribution in [1.29, 1.82) is 0 Å². The molecule has 5 heteroatoms. The molecule has 4 nitrogen and oxygen atoms in total. The molecule has 94 valence electrons. The predicted octanol–water partition coefficient (Wildman–Crippen LogP) is 2.69. The lowest BCUT2D eigenvalue weighted by molar-refractivity contribution is 0.0696. The van der Waals surface area contributed by atoms with Crippen molar-refractivity contribution in [3.05, 3.63) is 52.0 Å². The molecule has 0 amide bonds. The van der Waals surface area contributed by atoms with E-state index < -0.39 is 5.97 Å². The Bertz CT molecular complexity index is 508. The second kappa shape index (κ2) is 5.75. The summed E-state index contributed by atoms with van der Waals surface area (Å²) in [5, 5.41) is 14.2. The number of hydrogen-bond acceptors (Lipinski definition) is 4. The number of nitrogens with zero attached hydrogens (tertiary/aromatic N) is 1. The number of hydrogen-bond donors (Lipinski definition) is 2. The van der Waals surface area contributed by atoms with E-state index in [1.807, 2.05) is 11.4 Å². The highest BCUT2D eigenvalue weighted by Crippen LogP contribution is 2.18. The lowest BCUT2D eigenvalue weighted by atomic mass is 10.2. The van der Waals surface area contributed by atoms with E-state index in [2.05, 4.69) is 23.3 Å². The summed E-state index contributed by atoms with van der Waals surface area (Å²) in [6, 6.07) is 7.69. The summed E-state index contributed by atoms with van der Waals surface area (Å²) in [7, 11) is 0. The molecule has 18 heavy (non-hydrogen) atoms. The monoisotopic (exact) mass is 262 g/mol. The minimum Gasteiger partial charge on any atom is -0.478 e. The van der Waals surface area contributed by atoms with E-state index in [9.17, 15) is 4.79 Å². The van der Waals surface area contributed by atoms with Crippen LogP contribution in [-0.2, 0) is 6.54 Å². The Labute approximate surface area is 109 Å². The Morgan fingerprint density at radius 3 is 2.89 bits per heavy atom. The van der Waals surface area contributed by atoms with E-state index in [4.69, 9.17) is 5.11 Å². The number of aromatic nitrogens is 1. The summed E-state index contributed by atoms with van der Waals surface area (Å²) in [4.78, 5) is 16.1. The minimum atomic E-state index is -0.950. The summed E-state index contributed by atoms with van der Waals surface area (Å²) in [6.45, 7) is 2.72. The molecule has 0 saturated carbocycles. The molecule has 0 aromatic carbocycles. The van der Waals surface area contributed by atoms with Crippen LogP contribution in [0.3, 0.4) is 0 Å². The number of thiophene rings is 1. The van der Waals surface area contributed by atoms with Gasteiger partial charge in [0.25, 0.3) is 0 Å². The first-order valence-corrected chi connectivity index (χ1v) is 6.50. The van der Waals surface area contributed by atoms with E-state index >= 15 is 0 Å². The van der Waals surface area contributed by atoms with Gasteiger partial charge in [-0.1, -0.05) is 6.07 Å². The van der Waals surface area contributed by atoms with Crippen LogP contribution in [0, 0.1) is 0 Å². The van der Waals surface area contributed by atoms with Gasteiger partial charge in [-0.3, -0.25) is 4.98 Å². The Morgan fingerprint density at radius 2 is 2.33 bits per heavy atom. The van der Waals surface area contributed by atoms with Gasteiger partial charge in [-0.25, -0.2) is 4.79 Å². The van der Waals surface area contributed by atoms with Gasteiger partial charge >= 0.3 is 5.97 Å². The molecule has 0 aliphatic rings. The largest absolute Gasteiger partial charge is 0.478 e. The van der Waals surface area contributed by atoms with Crippen LogP contribution in [0.15, 0.2) is 35.8 Å². The summed E-state index contributed by atoms with van der Waals surface area (Å²) < 4.78 is 0. The first-order valence-electron chi connectivity index (χ1n) is 5.62. The number of carboxylic acid groups (broad SMARTS) is 1. The molecule has 0 aliphatic heterocycles. The van der Waals surface area contributed by atoms with E-state index in [0.29, 0.717) is 6.54 Å². The highest BCUT2D eigenvalue weighted by molar-refractivity contribution is 7.10. The molecule has 2 rings (SSSR count). The van der Waals surface area contributed by atoms with E-state index in [1.165, 1.54) is 11.1 Å². The van der Waals surface area contributed by atoms with Crippen molar-refractivity contribution >= 4 is 17.3 Å². The summed E-state index contributed by atoms with van der Waals surface area (Å²) in [5.41, 5.74) is 1.05. The van der Waals surface area contributed by atoms with Crippen molar-refractivity contribution in [2.45, 2.75) is 19.5 Å². The minimum absolute atomic E-state index is 0.213. The fourth-order valence-corrected chi connectivity index (χ4v) is 2.31. The topological polar surface area (TPSA) is 62.2 Å². The van der Waals surface area contributed by atoms with Crippen molar-refractivity contribution in [2.24, 2.45) is 0 Å². The number of carboxylic acids is 1. The van der Waals surface area contributed by atoms with Gasteiger partial charge in [0.1, 0.15) is 0 Å². The molecule has 1 atom stereocenters. The average Bonchev–Trinajstić information content (AvgIpc) is 2.90. The maximum atomic E-state index is 10.7. The second-order valence-electron chi connectivity index (χ2n) is 3.96. The quantitative estimate of drug-likeness (QED) is 0.869. The van der Waals surface area contributed by atoms with Gasteiger partial charge in [-0.15, -0.1) is 11.3 Å². The second-order valence-corrected chi connectivity index (χ2v) is 4.94. The first kappa shape index (κ1) is 12.7. The Balaban J connectivity index is 1.92. The summed E-state index contributed by atoms with van der Waals surface area (Å²) in [6.07, 6.45) is 1.38. The van der Waals surface area contributed by atoms with Crippen LogP contribution in [0.25, 0.3) is 0 Å². The van der Waals surface area contributed by atoms with E-state index in [1.54, 1.807) is 23.5 Å². The maximum Gasteiger partial charge on any atom is 0.337 e. The lowest BCUT2D eigenvalue weighted by Gasteiger charge is -2.11. The molecular weight excluding hydrogens is 248 g/mol. The number of aromatic carboxylic acids is 1. The molecule has 0 radical (unpaired) electrons. The smallest absolute Gasteiger partial charge is 0.337 e. The number of pyridine rings is 1. The molecule has 0 aliphatic carbocycles. The van der Waals surface area contributed by atoms with E-state index in [0.717, 1.165) is 5.69 Å². The summed E-state index contributed by atoms with van der Waals surface area (Å²) >= 11 is 1.71. The van der Waals surface area contributed by atoms with Gasteiger partial charge in [0, 0.05) is 23.7 Å². The predicted molar refractivity (Wildman–Crippen MR) is 70.8 cm³/mol. The standard InChI is InChI=1S/C13H14N2O2S/c1-9(12-3-2-6-18-12)14-8-11-5-4-10(7-15-11)13(16)17/h2-7,9,14H,8H2,1H3,(H,16,17)/t9-/m0/s1. The molecule has 0 bridgehead atoms. The van der Waals surface area contributed by atoms with Crippen molar-refractivity contribution in [2.75, 3.05) is 0 Å². The van der Waals surface area contributed by atoms with Crippen LogP contribution in [0.1, 0.15) is 33.9 Å². The summed E-state index contributed by atoms with van der Waals surface area (Å²) in [5.74, 6) is -0.950. The fraction of sp³-hybridized carbons (Fsp3) is 0.231. The Morgan fingerprint density at radius 1 is 1.50 bits per heavy atom. The Hall–Kier alpha value is -1.72. The third kappa shape index (κ3) is 3.15. The lowest BCUT2D eigenvalue weighted by Crippen LogP contribution is -2.18. The highest BCUT2D eigenvalue weighted by atomic mass is 32.1. The van der Waals surface area contributed by atoms with Gasteiger partial charge in [-0.2, -0.15) is 0 Å². The third-order valence-electron chi connectivity index (χ3n) is 2.63. The van der Waals surface area contributed by atoms with Crippen LogP contribution in [0.4, 0.5) is 0 Å². The van der Waals surface area contributed by atoms with Gasteiger partial charge in [-0.05, 0) is 30.5 Å². The average molecular weight is 262 g/mol. The van der Waals surface area contributed by atoms with Gasteiger partial charge in [0.2, 0.25) is 0 Å². The van der Waals surface area contributed by atoms with Gasteiger partial charge in [0.15, 0.2) is 0 Å². The third-order valence-corrected chi connectivity index (χ3v) is 3.69. The molecule has 2 aromatic heterocycles. The van der Waals surface area contributed by atoms with Crippen LogP contribution in [0.5, 0.6) is 0 Å². The van der Waals surface area contributed by atoms with Crippen LogP contribution in [-0.4, -0.2) is 16.1 Å². The van der Waals surface area contributed by atoms with Crippen LogP contribution in [0.2, 0.25) is 0 Å². The molecule has 2 N–H and O–H groups in total. The zero-order chi connectivity index (χ0) is 13.0. The van der Waals surface area contributed by atoms with Gasteiger partial charge in [0.05, 0.1) is 11.3 Å². The number of carbonyl (C=O) groups is 1. The van der Waals surface area contributed by atoms with Gasteiger partial charge < -0.3 is 10.4 Å². The van der Waals surface area contributed by atoms with Crippen molar-refractivity contribution in [3.8, 4) is 0 Å². The van der Waals surface area contributed by atoms with Crippen molar-refractivity contribution in [3.63, 3.8) is 0 Å². The molecular formula is C13H14N2O2S. The molecule has 0 spiro atoms. The Kier molecular flexibility index (Phi) is 4.07. The SMILES string of the molecule is C[C@H](NCc1ccc(C(=O)O)cn1)c1cccs1. The van der Waals surface area contributed by atoms with Crippen molar-refractivity contribution < 1.29 is 9.90 Å². The molecule has 2 aromatic rings. The van der Waals surface area contributed by atoms with Crippen molar-refractivity contribution in [1.82, 2.24) is 10.3 Å². The van der Waals surface area contributed by atoms with Crippen LogP contribution >= 0.6 is 11.3 Å². The molecule has 0 saturated heterocycles. The number of nitrogens with one attached hydrogen (secondary N) is 1. The molecule has 0 fully saturated rings. The number of rotatable bonds is 5.